The van der Waals surface area contributed by atoms with Gasteiger partial charge in [0, 0.05) is 6.54 Å². The van der Waals surface area contributed by atoms with Crippen molar-refractivity contribution in [1.82, 2.24) is 9.78 Å². The largest absolute Gasteiger partial charge is 0.491 e. The maximum Gasteiger partial charge on any atom is 0.292 e. The molecular weight excluding hydrogens is 350 g/mol. The Labute approximate surface area is 157 Å². The molecule has 1 heterocycles. The lowest BCUT2D eigenvalue weighted by molar-refractivity contribution is 0.330. The maximum absolute atomic E-state index is 12.4. The van der Waals surface area contributed by atoms with Crippen molar-refractivity contribution in [3.63, 3.8) is 0 Å². The fourth-order valence-electron chi connectivity index (χ4n) is 2.62. The Morgan fingerprint density at radius 1 is 1.15 bits per heavy atom. The smallest absolute Gasteiger partial charge is 0.292 e. The number of rotatable bonds is 6. The Morgan fingerprint density at radius 2 is 1.92 bits per heavy atom. The van der Waals surface area contributed by atoms with Crippen molar-refractivity contribution >= 4 is 17.3 Å². The summed E-state index contributed by atoms with van der Waals surface area (Å²) in [6, 6.07) is 15.2. The number of anilines is 1. The lowest BCUT2D eigenvalue weighted by Crippen LogP contribution is -2.23. The van der Waals surface area contributed by atoms with Crippen LogP contribution in [0.4, 0.5) is 5.69 Å². The van der Waals surface area contributed by atoms with Crippen LogP contribution in [0.2, 0.25) is 5.02 Å². The predicted molar refractivity (Wildman–Crippen MR) is 105 cm³/mol. The van der Waals surface area contributed by atoms with Gasteiger partial charge in [-0.05, 0) is 37.6 Å². The molecule has 0 aliphatic rings. The highest BCUT2D eigenvalue weighted by atomic mass is 35.5. The van der Waals surface area contributed by atoms with Crippen molar-refractivity contribution in [3.05, 3.63) is 81.2 Å². The number of ether oxygens (including phenoxy) is 1. The van der Waals surface area contributed by atoms with Crippen LogP contribution in [0.5, 0.6) is 5.75 Å². The van der Waals surface area contributed by atoms with Gasteiger partial charge in [-0.2, -0.15) is 9.78 Å². The quantitative estimate of drug-likeness (QED) is 0.667. The highest BCUT2D eigenvalue weighted by Gasteiger charge is 2.10. The Hall–Kier alpha value is -2.79. The highest BCUT2D eigenvalue weighted by molar-refractivity contribution is 6.32. The Morgan fingerprint density at radius 3 is 2.65 bits per heavy atom. The number of aryl methyl sites for hydroxylation is 2. The van der Waals surface area contributed by atoms with Gasteiger partial charge in [0.1, 0.15) is 17.4 Å². The molecule has 0 aliphatic carbocycles. The summed E-state index contributed by atoms with van der Waals surface area (Å²) in [6.45, 7) is 5.01. The third kappa shape index (κ3) is 4.06. The van der Waals surface area contributed by atoms with Crippen molar-refractivity contribution in [2.24, 2.45) is 0 Å². The molecular formula is C20H20ClN3O2. The zero-order chi connectivity index (χ0) is 18.5. The van der Waals surface area contributed by atoms with Gasteiger partial charge in [-0.15, -0.1) is 0 Å². The van der Waals surface area contributed by atoms with E-state index in [9.17, 15) is 4.79 Å². The minimum absolute atomic E-state index is 0.107. The van der Waals surface area contributed by atoms with Crippen molar-refractivity contribution < 1.29 is 4.74 Å². The minimum atomic E-state index is -0.363. The van der Waals surface area contributed by atoms with Gasteiger partial charge in [0.2, 0.25) is 0 Å². The summed E-state index contributed by atoms with van der Waals surface area (Å²) < 4.78 is 7.04. The first-order valence-corrected chi connectivity index (χ1v) is 8.71. The van der Waals surface area contributed by atoms with Crippen LogP contribution in [-0.2, 0) is 0 Å². The van der Waals surface area contributed by atoms with Crippen molar-refractivity contribution in [2.45, 2.75) is 13.8 Å². The molecule has 0 saturated heterocycles. The number of aromatic nitrogens is 2. The maximum atomic E-state index is 12.4. The normalized spacial score (nSPS) is 10.6. The topological polar surface area (TPSA) is 56.1 Å². The number of para-hydroxylation sites is 1. The highest BCUT2D eigenvalue weighted by Crippen LogP contribution is 2.19. The molecule has 0 saturated carbocycles. The molecule has 1 aromatic heterocycles. The molecule has 6 heteroatoms. The molecule has 1 N–H and O–H groups in total. The van der Waals surface area contributed by atoms with Crippen LogP contribution in [0.3, 0.4) is 0 Å². The molecule has 0 bridgehead atoms. The number of halogens is 1. The molecule has 2 aromatic carbocycles. The second-order valence-corrected chi connectivity index (χ2v) is 6.35. The first kappa shape index (κ1) is 18.0. The Bertz CT molecular complexity index is 955. The minimum Gasteiger partial charge on any atom is -0.491 e. The molecule has 0 fully saturated rings. The van der Waals surface area contributed by atoms with Crippen LogP contribution < -0.4 is 15.6 Å². The number of hydrogen-bond acceptors (Lipinski definition) is 4. The van der Waals surface area contributed by atoms with E-state index < -0.39 is 0 Å². The van der Waals surface area contributed by atoms with Gasteiger partial charge in [-0.1, -0.05) is 47.5 Å². The van der Waals surface area contributed by atoms with Gasteiger partial charge in [0.25, 0.3) is 5.56 Å². The average Bonchev–Trinajstić information content (AvgIpc) is 2.64. The van der Waals surface area contributed by atoms with Crippen LogP contribution in [0.25, 0.3) is 5.69 Å². The van der Waals surface area contributed by atoms with Crippen LogP contribution in [-0.4, -0.2) is 22.9 Å². The first-order chi connectivity index (χ1) is 12.6. The second kappa shape index (κ2) is 8.06. The molecule has 0 aliphatic heterocycles. The van der Waals surface area contributed by atoms with Gasteiger partial charge in [0.05, 0.1) is 17.6 Å². The van der Waals surface area contributed by atoms with Crippen molar-refractivity contribution in [3.8, 4) is 11.4 Å². The summed E-state index contributed by atoms with van der Waals surface area (Å²) in [5.41, 5.74) is 3.09. The molecule has 3 rings (SSSR count). The zero-order valence-electron chi connectivity index (χ0n) is 14.7. The van der Waals surface area contributed by atoms with Gasteiger partial charge in [0.15, 0.2) is 0 Å². The molecule has 3 aromatic rings. The number of benzene rings is 2. The summed E-state index contributed by atoms with van der Waals surface area (Å²) in [4.78, 5) is 12.4. The predicted octanol–water partition coefficient (Wildman–Crippen LogP) is 3.99. The molecule has 0 unspecified atom stereocenters. The number of nitrogens with one attached hydrogen (secondary N) is 1. The van der Waals surface area contributed by atoms with Crippen molar-refractivity contribution in [2.75, 3.05) is 18.5 Å². The summed E-state index contributed by atoms with van der Waals surface area (Å²) >= 11 is 6.21. The Balaban J connectivity index is 1.64. The average molecular weight is 370 g/mol. The fourth-order valence-corrected chi connectivity index (χ4v) is 2.81. The first-order valence-electron chi connectivity index (χ1n) is 8.33. The summed E-state index contributed by atoms with van der Waals surface area (Å²) in [5, 5.41) is 7.39. The van der Waals surface area contributed by atoms with E-state index in [0.29, 0.717) is 24.5 Å². The van der Waals surface area contributed by atoms with Gasteiger partial charge in [-0.25, -0.2) is 0 Å². The van der Waals surface area contributed by atoms with E-state index in [1.807, 2.05) is 44.2 Å². The van der Waals surface area contributed by atoms with E-state index in [-0.39, 0.29) is 10.6 Å². The summed E-state index contributed by atoms with van der Waals surface area (Å²) in [7, 11) is 0. The number of nitrogens with zero attached hydrogens (tertiary/aromatic N) is 2. The van der Waals surface area contributed by atoms with E-state index in [1.54, 1.807) is 18.3 Å². The lowest BCUT2D eigenvalue weighted by Gasteiger charge is -2.12. The zero-order valence-corrected chi connectivity index (χ0v) is 15.5. The second-order valence-electron chi connectivity index (χ2n) is 5.97. The van der Waals surface area contributed by atoms with Gasteiger partial charge < -0.3 is 10.1 Å². The van der Waals surface area contributed by atoms with E-state index in [4.69, 9.17) is 16.3 Å². The fraction of sp³-hybridized carbons (Fsp3) is 0.200. The third-order valence-electron chi connectivity index (χ3n) is 3.93. The third-order valence-corrected chi connectivity index (χ3v) is 4.29. The van der Waals surface area contributed by atoms with Crippen LogP contribution in [0.15, 0.2) is 59.5 Å². The molecule has 0 atom stereocenters. The lowest BCUT2D eigenvalue weighted by atomic mass is 10.1. The van der Waals surface area contributed by atoms with Crippen molar-refractivity contribution in [1.29, 1.82) is 0 Å². The van der Waals surface area contributed by atoms with Crippen LogP contribution in [0.1, 0.15) is 11.1 Å². The molecule has 26 heavy (non-hydrogen) atoms. The van der Waals surface area contributed by atoms with Crippen LogP contribution in [0, 0.1) is 13.8 Å². The number of hydrogen-bond donors (Lipinski definition) is 1. The molecule has 134 valence electrons. The summed E-state index contributed by atoms with van der Waals surface area (Å²) in [6.07, 6.45) is 1.55. The SMILES string of the molecule is Cc1ccc(OCCNc2cnn(-c3ccccc3)c(=O)c2Cl)c(C)c1. The van der Waals surface area contributed by atoms with E-state index >= 15 is 0 Å². The van der Waals surface area contributed by atoms with Crippen LogP contribution >= 0.6 is 11.6 Å². The van der Waals surface area contributed by atoms with E-state index in [0.717, 1.165) is 11.3 Å². The van der Waals surface area contributed by atoms with Gasteiger partial charge in [-0.3, -0.25) is 4.79 Å². The van der Waals surface area contributed by atoms with E-state index in [1.165, 1.54) is 10.2 Å². The molecule has 0 amide bonds. The Kier molecular flexibility index (Phi) is 5.58. The van der Waals surface area contributed by atoms with E-state index in [2.05, 4.69) is 16.5 Å². The van der Waals surface area contributed by atoms with Gasteiger partial charge >= 0.3 is 0 Å². The molecule has 0 spiro atoms. The summed E-state index contributed by atoms with van der Waals surface area (Å²) in [5.74, 6) is 0.848. The monoisotopic (exact) mass is 369 g/mol. The molecule has 5 nitrogen and oxygen atoms in total. The molecule has 0 radical (unpaired) electrons. The standard InChI is InChI=1S/C20H20ClN3O2/c1-14-8-9-18(15(2)12-14)26-11-10-22-17-13-23-24(20(25)19(17)21)16-6-4-3-5-7-16/h3-9,12-13,22H,10-11H2,1-2H3.